The Morgan fingerprint density at radius 3 is 2.84 bits per heavy atom. The van der Waals surface area contributed by atoms with Crippen LogP contribution in [0.25, 0.3) is 5.82 Å². The zero-order chi connectivity index (χ0) is 13.8. The second-order valence-electron chi connectivity index (χ2n) is 4.02. The Hall–Kier alpha value is -2.21. The van der Waals surface area contributed by atoms with Crippen LogP contribution in [0.1, 0.15) is 35.9 Å². The van der Waals surface area contributed by atoms with Crippen LogP contribution in [0.5, 0.6) is 0 Å². The van der Waals surface area contributed by atoms with Gasteiger partial charge in [0, 0.05) is 12.4 Å². The predicted molar refractivity (Wildman–Crippen MR) is 67.9 cm³/mol. The summed E-state index contributed by atoms with van der Waals surface area (Å²) in [5.41, 5.74) is 1.10. The molecule has 1 N–H and O–H groups in total. The maximum atomic E-state index is 11.5. The molecule has 1 atom stereocenters. The Morgan fingerprint density at radius 2 is 2.26 bits per heavy atom. The van der Waals surface area contributed by atoms with Gasteiger partial charge < -0.3 is 9.84 Å². The van der Waals surface area contributed by atoms with Crippen LogP contribution < -0.4 is 0 Å². The van der Waals surface area contributed by atoms with Crippen molar-refractivity contribution >= 4 is 5.97 Å². The fourth-order valence-electron chi connectivity index (χ4n) is 1.55. The molecule has 0 saturated heterocycles. The summed E-state index contributed by atoms with van der Waals surface area (Å²) < 4.78 is 6.37. The van der Waals surface area contributed by atoms with E-state index in [4.69, 9.17) is 4.74 Å². The third-order valence-electron chi connectivity index (χ3n) is 2.58. The van der Waals surface area contributed by atoms with Gasteiger partial charge in [0.2, 0.25) is 0 Å². The molecule has 100 valence electrons. The van der Waals surface area contributed by atoms with Crippen LogP contribution in [0.4, 0.5) is 0 Å². The fourth-order valence-corrected chi connectivity index (χ4v) is 1.55. The van der Waals surface area contributed by atoms with Gasteiger partial charge >= 0.3 is 5.97 Å². The summed E-state index contributed by atoms with van der Waals surface area (Å²) in [5.74, 6) is 0.161. The quantitative estimate of drug-likeness (QED) is 0.844. The zero-order valence-corrected chi connectivity index (χ0v) is 10.8. The summed E-state index contributed by atoms with van der Waals surface area (Å²) in [5, 5.41) is 13.5. The van der Waals surface area contributed by atoms with Gasteiger partial charge in [-0.15, -0.1) is 0 Å². The molecule has 2 heterocycles. The van der Waals surface area contributed by atoms with Crippen LogP contribution in [0.2, 0.25) is 0 Å². The van der Waals surface area contributed by atoms with E-state index in [1.165, 1.54) is 10.9 Å². The molecule has 0 fully saturated rings. The molecule has 2 rings (SSSR count). The SMILES string of the molecule is CCOC(=O)c1cnn(-c2ccc([C@H](C)O)cn2)c1. The van der Waals surface area contributed by atoms with Gasteiger partial charge in [0.15, 0.2) is 5.82 Å². The molecule has 6 nitrogen and oxygen atoms in total. The number of hydrogen-bond acceptors (Lipinski definition) is 5. The Kier molecular flexibility index (Phi) is 3.91. The van der Waals surface area contributed by atoms with Gasteiger partial charge in [0.1, 0.15) is 0 Å². The Balaban J connectivity index is 2.20. The Labute approximate surface area is 110 Å². The predicted octanol–water partition coefficient (Wildman–Crippen LogP) is 1.50. The summed E-state index contributed by atoms with van der Waals surface area (Å²) in [7, 11) is 0. The van der Waals surface area contributed by atoms with Gasteiger partial charge in [-0.05, 0) is 25.5 Å². The molecule has 0 bridgehead atoms. The number of aliphatic hydroxyl groups excluding tert-OH is 1. The number of ether oxygens (including phenoxy) is 1. The standard InChI is InChI=1S/C13H15N3O3/c1-3-19-13(18)11-7-15-16(8-11)12-5-4-10(6-14-12)9(2)17/h4-9,17H,3H2,1-2H3/t9-/m0/s1. The van der Waals surface area contributed by atoms with Crippen molar-refractivity contribution in [2.24, 2.45) is 0 Å². The van der Waals surface area contributed by atoms with E-state index in [1.54, 1.807) is 38.4 Å². The summed E-state index contributed by atoms with van der Waals surface area (Å²) >= 11 is 0. The lowest BCUT2D eigenvalue weighted by molar-refractivity contribution is 0.0526. The van der Waals surface area contributed by atoms with E-state index in [9.17, 15) is 9.90 Å². The maximum absolute atomic E-state index is 11.5. The van der Waals surface area contributed by atoms with E-state index in [-0.39, 0.29) is 0 Å². The lowest BCUT2D eigenvalue weighted by Gasteiger charge is -2.05. The third kappa shape index (κ3) is 2.97. The van der Waals surface area contributed by atoms with E-state index < -0.39 is 12.1 Å². The highest BCUT2D eigenvalue weighted by molar-refractivity contribution is 5.88. The number of pyridine rings is 1. The molecular formula is C13H15N3O3. The molecular weight excluding hydrogens is 246 g/mol. The Bertz CT molecular complexity index is 561. The number of nitrogens with zero attached hydrogens (tertiary/aromatic N) is 3. The molecule has 0 aromatic carbocycles. The topological polar surface area (TPSA) is 77.2 Å². The molecule has 0 aliphatic rings. The highest BCUT2D eigenvalue weighted by Crippen LogP contribution is 2.13. The highest BCUT2D eigenvalue weighted by atomic mass is 16.5. The summed E-state index contributed by atoms with van der Waals surface area (Å²) in [6.45, 7) is 3.74. The van der Waals surface area contributed by atoms with Crippen molar-refractivity contribution in [3.05, 3.63) is 41.9 Å². The summed E-state index contributed by atoms with van der Waals surface area (Å²) in [6.07, 6.45) is 4.00. The van der Waals surface area contributed by atoms with E-state index in [0.717, 1.165) is 5.56 Å². The van der Waals surface area contributed by atoms with E-state index >= 15 is 0 Å². The van der Waals surface area contributed by atoms with E-state index in [0.29, 0.717) is 18.0 Å². The van der Waals surface area contributed by atoms with Crippen LogP contribution in [-0.2, 0) is 4.74 Å². The smallest absolute Gasteiger partial charge is 0.341 e. The molecule has 0 aliphatic heterocycles. The van der Waals surface area contributed by atoms with Gasteiger partial charge in [-0.2, -0.15) is 5.10 Å². The summed E-state index contributed by atoms with van der Waals surface area (Å²) in [4.78, 5) is 15.7. The van der Waals surface area contributed by atoms with Crippen molar-refractivity contribution in [3.63, 3.8) is 0 Å². The molecule has 0 saturated carbocycles. The molecule has 2 aromatic rings. The van der Waals surface area contributed by atoms with Crippen LogP contribution in [0.3, 0.4) is 0 Å². The largest absolute Gasteiger partial charge is 0.462 e. The normalized spacial score (nSPS) is 12.2. The lowest BCUT2D eigenvalue weighted by atomic mass is 10.2. The minimum atomic E-state index is -0.561. The third-order valence-corrected chi connectivity index (χ3v) is 2.58. The molecule has 0 aliphatic carbocycles. The molecule has 0 radical (unpaired) electrons. The van der Waals surface area contributed by atoms with Gasteiger partial charge in [0.05, 0.1) is 24.5 Å². The minimum absolute atomic E-state index is 0.325. The molecule has 0 unspecified atom stereocenters. The maximum Gasteiger partial charge on any atom is 0.341 e. The van der Waals surface area contributed by atoms with Crippen LogP contribution >= 0.6 is 0 Å². The van der Waals surface area contributed by atoms with Crippen molar-refractivity contribution in [1.82, 2.24) is 14.8 Å². The lowest BCUT2D eigenvalue weighted by Crippen LogP contribution is -2.03. The number of aliphatic hydroxyl groups is 1. The van der Waals surface area contributed by atoms with Crippen molar-refractivity contribution in [1.29, 1.82) is 0 Å². The average Bonchev–Trinajstić information content (AvgIpc) is 2.89. The van der Waals surface area contributed by atoms with Crippen molar-refractivity contribution in [2.75, 3.05) is 6.61 Å². The van der Waals surface area contributed by atoms with E-state index in [1.807, 2.05) is 0 Å². The first-order valence-electron chi connectivity index (χ1n) is 5.98. The number of aromatic nitrogens is 3. The fraction of sp³-hybridized carbons (Fsp3) is 0.308. The van der Waals surface area contributed by atoms with E-state index in [2.05, 4.69) is 10.1 Å². The van der Waals surface area contributed by atoms with Crippen molar-refractivity contribution in [3.8, 4) is 5.82 Å². The van der Waals surface area contributed by atoms with Crippen LogP contribution in [0.15, 0.2) is 30.7 Å². The molecule has 6 heteroatoms. The number of hydrogen-bond donors (Lipinski definition) is 1. The number of carbonyl (C=O) groups excluding carboxylic acids is 1. The number of rotatable bonds is 4. The monoisotopic (exact) mass is 261 g/mol. The highest BCUT2D eigenvalue weighted by Gasteiger charge is 2.10. The minimum Gasteiger partial charge on any atom is -0.462 e. The first-order chi connectivity index (χ1) is 9.11. The molecule has 19 heavy (non-hydrogen) atoms. The van der Waals surface area contributed by atoms with Gasteiger partial charge in [-0.1, -0.05) is 6.07 Å². The van der Waals surface area contributed by atoms with Gasteiger partial charge in [-0.3, -0.25) is 0 Å². The van der Waals surface area contributed by atoms with Crippen molar-refractivity contribution in [2.45, 2.75) is 20.0 Å². The Morgan fingerprint density at radius 1 is 1.47 bits per heavy atom. The van der Waals surface area contributed by atoms with Crippen LogP contribution in [-0.4, -0.2) is 32.4 Å². The number of esters is 1. The molecule has 0 amide bonds. The van der Waals surface area contributed by atoms with Crippen LogP contribution in [0, 0.1) is 0 Å². The zero-order valence-electron chi connectivity index (χ0n) is 10.8. The second kappa shape index (κ2) is 5.62. The van der Waals surface area contributed by atoms with Gasteiger partial charge in [0.25, 0.3) is 0 Å². The molecule has 2 aromatic heterocycles. The van der Waals surface area contributed by atoms with Gasteiger partial charge in [-0.25, -0.2) is 14.5 Å². The second-order valence-corrected chi connectivity index (χ2v) is 4.02. The molecule has 0 spiro atoms. The van der Waals surface area contributed by atoms with Crippen molar-refractivity contribution < 1.29 is 14.6 Å². The first kappa shape index (κ1) is 13.2. The summed E-state index contributed by atoms with van der Waals surface area (Å²) in [6, 6.07) is 3.49. The number of carbonyl (C=O) groups is 1. The average molecular weight is 261 g/mol. The first-order valence-corrected chi connectivity index (χ1v) is 5.98.